The maximum absolute atomic E-state index is 12.8. The van der Waals surface area contributed by atoms with E-state index in [1.165, 1.54) is 0 Å². The van der Waals surface area contributed by atoms with Crippen LogP contribution in [-0.2, 0) is 17.6 Å². The summed E-state index contributed by atoms with van der Waals surface area (Å²) in [6.07, 6.45) is 4.47. The number of aryl methyl sites for hydroxylation is 1. The molecule has 1 saturated carbocycles. The number of nitrogens with zero attached hydrogens (tertiary/aromatic N) is 2. The van der Waals surface area contributed by atoms with Crippen LogP contribution in [0.4, 0.5) is 0 Å². The van der Waals surface area contributed by atoms with Crippen molar-refractivity contribution in [2.24, 2.45) is 0 Å². The lowest BCUT2D eigenvalue weighted by atomic mass is 9.76. The summed E-state index contributed by atoms with van der Waals surface area (Å²) in [4.78, 5) is 24.3. The predicted octanol–water partition coefficient (Wildman–Crippen LogP) is 2.41. The van der Waals surface area contributed by atoms with Crippen LogP contribution in [0.1, 0.15) is 53.0 Å². The molecule has 0 saturated heterocycles. The molecule has 1 aromatic heterocycles. The number of carbonyl (C=O) groups is 2. The predicted molar refractivity (Wildman–Crippen MR) is 92.0 cm³/mol. The fourth-order valence-corrected chi connectivity index (χ4v) is 3.82. The molecule has 0 bridgehead atoms. The van der Waals surface area contributed by atoms with E-state index in [0.29, 0.717) is 18.5 Å². The number of para-hydroxylation sites is 1. The smallest absolute Gasteiger partial charge is 0.329 e. The number of carboxylic acid groups (broad SMARTS) is 1. The number of carbonyl (C=O) groups excluding carboxylic acids is 1. The summed E-state index contributed by atoms with van der Waals surface area (Å²) in [5.74, 6) is -1.32. The highest BCUT2D eigenvalue weighted by Gasteiger charge is 2.46. The largest absolute Gasteiger partial charge is 0.480 e. The van der Waals surface area contributed by atoms with Gasteiger partial charge in [-0.1, -0.05) is 18.2 Å². The summed E-state index contributed by atoms with van der Waals surface area (Å²) in [6.45, 7) is 2.02. The molecule has 1 heterocycles. The topological polar surface area (TPSA) is 84.2 Å². The fourth-order valence-electron chi connectivity index (χ4n) is 3.82. The van der Waals surface area contributed by atoms with Gasteiger partial charge in [0.1, 0.15) is 5.54 Å². The number of aromatic nitrogens is 2. The Balaban J connectivity index is 1.72. The lowest BCUT2D eigenvalue weighted by Crippen LogP contribution is -2.59. The van der Waals surface area contributed by atoms with Gasteiger partial charge in [-0.3, -0.25) is 4.79 Å². The number of benzene rings is 1. The standard InChI is InChI=1S/C19H21N3O3/c1-12-6-2-3-8-14(12)22-15-9-4-7-13(15)16(21-22)17(23)20-19(18(24)25)10-5-11-19/h2-3,6,8H,4-5,7,9-11H2,1H3,(H,20,23)(H,24,25). The maximum Gasteiger partial charge on any atom is 0.329 e. The molecule has 2 N–H and O–H groups in total. The molecule has 1 aromatic carbocycles. The van der Waals surface area contributed by atoms with E-state index in [2.05, 4.69) is 10.4 Å². The molecule has 2 aliphatic carbocycles. The first-order valence-corrected chi connectivity index (χ1v) is 8.74. The van der Waals surface area contributed by atoms with Gasteiger partial charge in [0.05, 0.1) is 5.69 Å². The Morgan fingerprint density at radius 2 is 1.96 bits per heavy atom. The van der Waals surface area contributed by atoms with Gasteiger partial charge in [0.2, 0.25) is 0 Å². The highest BCUT2D eigenvalue weighted by atomic mass is 16.4. The lowest BCUT2D eigenvalue weighted by molar-refractivity contribution is -0.148. The number of fused-ring (bicyclic) bond motifs is 1. The van der Waals surface area contributed by atoms with E-state index in [4.69, 9.17) is 0 Å². The summed E-state index contributed by atoms with van der Waals surface area (Å²) in [5.41, 5.74) is 3.35. The van der Waals surface area contributed by atoms with Crippen molar-refractivity contribution < 1.29 is 14.7 Å². The van der Waals surface area contributed by atoms with E-state index in [1.807, 2.05) is 35.9 Å². The van der Waals surface area contributed by atoms with Gasteiger partial charge in [0.15, 0.2) is 5.69 Å². The molecule has 6 heteroatoms. The molecule has 0 unspecified atom stereocenters. The van der Waals surface area contributed by atoms with E-state index >= 15 is 0 Å². The van der Waals surface area contributed by atoms with Crippen LogP contribution in [-0.4, -0.2) is 32.3 Å². The van der Waals surface area contributed by atoms with E-state index in [1.54, 1.807) is 0 Å². The van der Waals surface area contributed by atoms with Crippen LogP contribution in [0.25, 0.3) is 5.69 Å². The highest BCUT2D eigenvalue weighted by Crippen LogP contribution is 2.34. The normalized spacial score (nSPS) is 17.6. The zero-order valence-corrected chi connectivity index (χ0v) is 14.2. The summed E-state index contributed by atoms with van der Waals surface area (Å²) < 4.78 is 1.86. The highest BCUT2D eigenvalue weighted by molar-refractivity contribution is 5.98. The Labute approximate surface area is 145 Å². The molecule has 0 spiro atoms. The molecule has 1 amide bonds. The Morgan fingerprint density at radius 3 is 2.60 bits per heavy atom. The van der Waals surface area contributed by atoms with Crippen molar-refractivity contribution >= 4 is 11.9 Å². The monoisotopic (exact) mass is 339 g/mol. The van der Waals surface area contributed by atoms with E-state index in [0.717, 1.165) is 48.2 Å². The van der Waals surface area contributed by atoms with Gasteiger partial charge in [-0.25, -0.2) is 9.48 Å². The molecule has 1 fully saturated rings. The van der Waals surface area contributed by atoms with Gasteiger partial charge in [-0.15, -0.1) is 0 Å². The minimum atomic E-state index is -1.12. The molecule has 2 aliphatic rings. The Bertz CT molecular complexity index is 865. The van der Waals surface area contributed by atoms with Gasteiger partial charge >= 0.3 is 5.97 Å². The molecule has 4 rings (SSSR count). The van der Waals surface area contributed by atoms with Crippen molar-refractivity contribution in [3.8, 4) is 5.69 Å². The Morgan fingerprint density at radius 1 is 1.20 bits per heavy atom. The second kappa shape index (κ2) is 5.72. The minimum Gasteiger partial charge on any atom is -0.480 e. The third-order valence-corrected chi connectivity index (χ3v) is 5.46. The van der Waals surface area contributed by atoms with Crippen LogP contribution in [0.15, 0.2) is 24.3 Å². The van der Waals surface area contributed by atoms with Crippen molar-refractivity contribution in [1.82, 2.24) is 15.1 Å². The molecule has 0 atom stereocenters. The van der Waals surface area contributed by atoms with Crippen molar-refractivity contribution in [3.63, 3.8) is 0 Å². The first kappa shape index (κ1) is 15.9. The molecule has 0 aliphatic heterocycles. The van der Waals surface area contributed by atoms with E-state index < -0.39 is 11.5 Å². The number of aliphatic carboxylic acids is 1. The van der Waals surface area contributed by atoms with E-state index in [-0.39, 0.29) is 5.91 Å². The summed E-state index contributed by atoms with van der Waals surface area (Å²) >= 11 is 0. The van der Waals surface area contributed by atoms with Crippen LogP contribution in [0.5, 0.6) is 0 Å². The zero-order chi connectivity index (χ0) is 17.6. The minimum absolute atomic E-state index is 0.368. The van der Waals surface area contributed by atoms with Crippen molar-refractivity contribution in [2.75, 3.05) is 0 Å². The van der Waals surface area contributed by atoms with Crippen LogP contribution < -0.4 is 5.32 Å². The SMILES string of the molecule is Cc1ccccc1-n1nc(C(=O)NC2(C(=O)O)CCC2)c2c1CCC2. The lowest BCUT2D eigenvalue weighted by Gasteiger charge is -2.38. The molecule has 130 valence electrons. The van der Waals surface area contributed by atoms with Crippen molar-refractivity contribution in [1.29, 1.82) is 0 Å². The third kappa shape index (κ3) is 2.44. The average molecular weight is 339 g/mol. The molecular weight excluding hydrogens is 318 g/mol. The number of hydrogen-bond acceptors (Lipinski definition) is 3. The van der Waals surface area contributed by atoms with E-state index in [9.17, 15) is 14.7 Å². The van der Waals surface area contributed by atoms with Crippen LogP contribution >= 0.6 is 0 Å². The van der Waals surface area contributed by atoms with Gasteiger partial charge in [0.25, 0.3) is 5.91 Å². The number of amides is 1. The van der Waals surface area contributed by atoms with Crippen LogP contribution in [0, 0.1) is 6.92 Å². The second-order valence-corrected chi connectivity index (χ2v) is 7.02. The fraction of sp³-hybridized carbons (Fsp3) is 0.421. The first-order chi connectivity index (χ1) is 12.0. The van der Waals surface area contributed by atoms with Gasteiger partial charge in [-0.2, -0.15) is 5.10 Å². The van der Waals surface area contributed by atoms with Crippen LogP contribution in [0.3, 0.4) is 0 Å². The Hall–Kier alpha value is -2.63. The summed E-state index contributed by atoms with van der Waals surface area (Å²) in [7, 11) is 0. The Kier molecular flexibility index (Phi) is 3.63. The molecular formula is C19H21N3O3. The van der Waals surface area contributed by atoms with Crippen molar-refractivity contribution in [2.45, 2.75) is 51.0 Å². The molecule has 0 radical (unpaired) electrons. The molecule has 6 nitrogen and oxygen atoms in total. The average Bonchev–Trinajstić information content (AvgIpc) is 3.13. The number of nitrogens with one attached hydrogen (secondary N) is 1. The quantitative estimate of drug-likeness (QED) is 0.896. The van der Waals surface area contributed by atoms with Gasteiger partial charge in [-0.05, 0) is 57.1 Å². The number of carboxylic acids is 1. The zero-order valence-electron chi connectivity index (χ0n) is 14.2. The second-order valence-electron chi connectivity index (χ2n) is 7.02. The summed E-state index contributed by atoms with van der Waals surface area (Å²) in [6, 6.07) is 7.95. The van der Waals surface area contributed by atoms with Gasteiger partial charge < -0.3 is 10.4 Å². The third-order valence-electron chi connectivity index (χ3n) is 5.46. The molecule has 2 aromatic rings. The maximum atomic E-state index is 12.8. The van der Waals surface area contributed by atoms with Crippen LogP contribution in [0.2, 0.25) is 0 Å². The van der Waals surface area contributed by atoms with Gasteiger partial charge in [0, 0.05) is 11.3 Å². The summed E-state index contributed by atoms with van der Waals surface area (Å²) in [5, 5.41) is 16.8. The first-order valence-electron chi connectivity index (χ1n) is 8.74. The molecule has 25 heavy (non-hydrogen) atoms. The van der Waals surface area contributed by atoms with Crippen molar-refractivity contribution in [3.05, 3.63) is 46.8 Å². The number of hydrogen-bond donors (Lipinski definition) is 2. The number of rotatable bonds is 4.